The number of amides is 1. The maximum atomic E-state index is 13.2. The van der Waals surface area contributed by atoms with Crippen molar-refractivity contribution in [2.75, 3.05) is 18.6 Å². The van der Waals surface area contributed by atoms with Gasteiger partial charge < -0.3 is 14.6 Å². The Morgan fingerprint density at radius 1 is 1.14 bits per heavy atom. The Labute approximate surface area is 212 Å². The first-order chi connectivity index (χ1) is 17.3. The molecule has 9 heteroatoms. The number of ether oxygens (including phenoxy) is 2. The molecular formula is C27H23ClN2O6. The number of anilines is 1. The highest BCUT2D eigenvalue weighted by atomic mass is 35.5. The molecule has 0 saturated carbocycles. The lowest BCUT2D eigenvalue weighted by Gasteiger charge is -2.25. The van der Waals surface area contributed by atoms with Gasteiger partial charge in [0.05, 0.1) is 36.8 Å². The van der Waals surface area contributed by atoms with Gasteiger partial charge in [0.15, 0.2) is 0 Å². The molecule has 0 aliphatic carbocycles. The molecule has 184 valence electrons. The number of carbonyl (C=O) groups is 3. The van der Waals surface area contributed by atoms with E-state index in [1.807, 2.05) is 0 Å². The van der Waals surface area contributed by atoms with Gasteiger partial charge >= 0.3 is 5.97 Å². The van der Waals surface area contributed by atoms with Crippen molar-refractivity contribution < 1.29 is 29.0 Å². The molecule has 0 spiro atoms. The summed E-state index contributed by atoms with van der Waals surface area (Å²) in [6.45, 7) is 2.02. The quantitative estimate of drug-likeness (QED) is 0.218. The maximum absolute atomic E-state index is 13.2. The van der Waals surface area contributed by atoms with E-state index in [-0.39, 0.29) is 40.9 Å². The molecule has 1 aliphatic heterocycles. The van der Waals surface area contributed by atoms with E-state index in [4.69, 9.17) is 21.1 Å². The van der Waals surface area contributed by atoms with Crippen LogP contribution in [0.5, 0.6) is 5.75 Å². The van der Waals surface area contributed by atoms with Crippen LogP contribution < -0.4 is 9.64 Å². The third kappa shape index (κ3) is 4.81. The van der Waals surface area contributed by atoms with Crippen molar-refractivity contribution >= 4 is 40.7 Å². The number of benzene rings is 2. The molecule has 1 fully saturated rings. The van der Waals surface area contributed by atoms with Gasteiger partial charge in [-0.2, -0.15) is 0 Å². The smallest absolute Gasteiger partial charge is 0.310 e. The number of halogens is 1. The Hall–Kier alpha value is -4.17. The van der Waals surface area contributed by atoms with Crippen LogP contribution in [0.15, 0.2) is 72.6 Å². The predicted molar refractivity (Wildman–Crippen MR) is 134 cm³/mol. The minimum absolute atomic E-state index is 0.0806. The maximum Gasteiger partial charge on any atom is 0.310 e. The number of Topliss-reactive ketones (excluding diaryl/α,β-unsaturated/α-hetero) is 1. The fraction of sp³-hybridized carbons (Fsp3) is 0.185. The van der Waals surface area contributed by atoms with Gasteiger partial charge in [-0.25, -0.2) is 0 Å². The van der Waals surface area contributed by atoms with Gasteiger partial charge in [0, 0.05) is 23.6 Å². The zero-order valence-electron chi connectivity index (χ0n) is 19.6. The molecule has 1 aromatic heterocycles. The number of esters is 1. The summed E-state index contributed by atoms with van der Waals surface area (Å²) in [5.41, 5.74) is 1.82. The largest absolute Gasteiger partial charge is 0.507 e. The Kier molecular flexibility index (Phi) is 7.36. The average Bonchev–Trinajstić information content (AvgIpc) is 3.15. The molecule has 2 aromatic carbocycles. The van der Waals surface area contributed by atoms with E-state index in [0.717, 1.165) is 0 Å². The number of ketones is 1. The highest BCUT2D eigenvalue weighted by Crippen LogP contribution is 2.42. The van der Waals surface area contributed by atoms with Gasteiger partial charge in [0.25, 0.3) is 11.7 Å². The van der Waals surface area contributed by atoms with Gasteiger partial charge in [-0.05, 0) is 54.4 Å². The van der Waals surface area contributed by atoms with Crippen LogP contribution >= 0.6 is 11.6 Å². The summed E-state index contributed by atoms with van der Waals surface area (Å²) in [6.07, 6.45) is 3.19. The van der Waals surface area contributed by atoms with E-state index in [9.17, 15) is 19.5 Å². The monoisotopic (exact) mass is 506 g/mol. The molecule has 36 heavy (non-hydrogen) atoms. The number of pyridine rings is 1. The first-order valence-corrected chi connectivity index (χ1v) is 11.5. The average molecular weight is 507 g/mol. The molecule has 0 radical (unpaired) electrons. The molecule has 0 bridgehead atoms. The number of hydrogen-bond acceptors (Lipinski definition) is 7. The molecule has 1 amide bonds. The summed E-state index contributed by atoms with van der Waals surface area (Å²) in [5, 5.41) is 11.4. The molecule has 8 nitrogen and oxygen atoms in total. The minimum Gasteiger partial charge on any atom is -0.507 e. The van der Waals surface area contributed by atoms with Gasteiger partial charge in [-0.15, -0.1) is 0 Å². The third-order valence-electron chi connectivity index (χ3n) is 5.74. The summed E-state index contributed by atoms with van der Waals surface area (Å²) >= 11 is 6.23. The van der Waals surface area contributed by atoms with Crippen LogP contribution in [0.3, 0.4) is 0 Å². The summed E-state index contributed by atoms with van der Waals surface area (Å²) < 4.78 is 10.1. The van der Waals surface area contributed by atoms with Crippen LogP contribution in [0.2, 0.25) is 5.02 Å². The molecule has 1 saturated heterocycles. The second kappa shape index (κ2) is 10.6. The van der Waals surface area contributed by atoms with Crippen LogP contribution in [-0.2, 0) is 25.5 Å². The highest BCUT2D eigenvalue weighted by Gasteiger charge is 2.47. The zero-order valence-corrected chi connectivity index (χ0v) is 20.4. The number of rotatable bonds is 7. The van der Waals surface area contributed by atoms with Crippen molar-refractivity contribution in [3.05, 3.63) is 94.3 Å². The van der Waals surface area contributed by atoms with Crippen molar-refractivity contribution in [2.24, 2.45) is 0 Å². The molecule has 4 rings (SSSR count). The topological polar surface area (TPSA) is 106 Å². The third-order valence-corrected chi connectivity index (χ3v) is 6.03. The SMILES string of the molecule is CCOC(=O)Cc1ccc(N2C(=O)C(=O)/C(=C(\O)c3ccc(OC)c(Cl)c3)C2c2cccnc2)cc1. The van der Waals surface area contributed by atoms with E-state index in [0.29, 0.717) is 22.6 Å². The second-order valence-corrected chi connectivity index (χ2v) is 8.36. The lowest BCUT2D eigenvalue weighted by molar-refractivity contribution is -0.142. The van der Waals surface area contributed by atoms with Crippen LogP contribution in [-0.4, -0.2) is 41.5 Å². The number of nitrogens with zero attached hydrogens (tertiary/aromatic N) is 2. The molecule has 1 unspecified atom stereocenters. The van der Waals surface area contributed by atoms with E-state index < -0.39 is 17.7 Å². The molecular weight excluding hydrogens is 484 g/mol. The number of hydrogen-bond donors (Lipinski definition) is 1. The number of carbonyl (C=O) groups excluding carboxylic acids is 3. The summed E-state index contributed by atoms with van der Waals surface area (Å²) in [5.74, 6) is -1.97. The van der Waals surface area contributed by atoms with Crippen molar-refractivity contribution in [1.82, 2.24) is 4.98 Å². The van der Waals surface area contributed by atoms with Gasteiger partial charge in [0.1, 0.15) is 11.5 Å². The predicted octanol–water partition coefficient (Wildman–Crippen LogP) is 4.48. The highest BCUT2D eigenvalue weighted by molar-refractivity contribution is 6.51. The lowest BCUT2D eigenvalue weighted by Crippen LogP contribution is -2.29. The summed E-state index contributed by atoms with van der Waals surface area (Å²) in [6, 6.07) is 13.7. The molecule has 1 N–H and O–H groups in total. The van der Waals surface area contributed by atoms with Crippen molar-refractivity contribution in [3.8, 4) is 5.75 Å². The van der Waals surface area contributed by atoms with Crippen molar-refractivity contribution in [2.45, 2.75) is 19.4 Å². The molecule has 2 heterocycles. The van der Waals surface area contributed by atoms with E-state index in [2.05, 4.69) is 4.98 Å². The Morgan fingerprint density at radius 3 is 2.50 bits per heavy atom. The van der Waals surface area contributed by atoms with Gasteiger partial charge in [-0.1, -0.05) is 29.8 Å². The van der Waals surface area contributed by atoms with Crippen molar-refractivity contribution in [1.29, 1.82) is 0 Å². The van der Waals surface area contributed by atoms with Crippen LogP contribution in [0.4, 0.5) is 5.69 Å². The first kappa shape index (κ1) is 24.9. The molecule has 1 aliphatic rings. The molecule has 3 aromatic rings. The number of aliphatic hydroxyl groups is 1. The normalized spacial score (nSPS) is 16.8. The molecule has 1 atom stereocenters. The summed E-state index contributed by atoms with van der Waals surface area (Å²) in [4.78, 5) is 43.7. The summed E-state index contributed by atoms with van der Waals surface area (Å²) in [7, 11) is 1.46. The Morgan fingerprint density at radius 2 is 1.89 bits per heavy atom. The fourth-order valence-electron chi connectivity index (χ4n) is 4.07. The van der Waals surface area contributed by atoms with E-state index in [1.54, 1.807) is 61.7 Å². The van der Waals surface area contributed by atoms with Gasteiger partial charge in [-0.3, -0.25) is 24.3 Å². The number of aromatic nitrogens is 1. The van der Waals surface area contributed by atoms with Crippen LogP contribution in [0, 0.1) is 0 Å². The lowest BCUT2D eigenvalue weighted by atomic mass is 9.96. The first-order valence-electron chi connectivity index (χ1n) is 11.1. The Balaban J connectivity index is 1.80. The minimum atomic E-state index is -0.935. The standard InChI is InChI=1S/C27H23ClN2O6/c1-3-36-22(31)13-16-6-9-19(10-7-16)30-24(18-5-4-12-29-15-18)23(26(33)27(30)34)25(32)17-8-11-21(35-2)20(28)14-17/h4-12,14-15,24,32H,3,13H2,1-2H3/b25-23-. The fourth-order valence-corrected chi connectivity index (χ4v) is 4.33. The van der Waals surface area contributed by atoms with Gasteiger partial charge in [0.2, 0.25) is 0 Å². The van der Waals surface area contributed by atoms with E-state index >= 15 is 0 Å². The Bertz CT molecular complexity index is 1340. The number of methoxy groups -OCH3 is 1. The van der Waals surface area contributed by atoms with E-state index in [1.165, 1.54) is 24.3 Å². The van der Waals surface area contributed by atoms with Crippen LogP contribution in [0.1, 0.15) is 29.7 Å². The van der Waals surface area contributed by atoms with Crippen molar-refractivity contribution in [3.63, 3.8) is 0 Å². The zero-order chi connectivity index (χ0) is 25.8. The second-order valence-electron chi connectivity index (χ2n) is 7.95. The number of aliphatic hydroxyl groups excluding tert-OH is 1. The van der Waals surface area contributed by atoms with Crippen LogP contribution in [0.25, 0.3) is 5.76 Å².